The zero-order valence-electron chi connectivity index (χ0n) is 14.0. The SMILES string of the molecule is Cc1cccc(-c2nnc([C@H](C)N[C@H](C)c3ccccc3Cl)o2)c1. The van der Waals surface area contributed by atoms with Gasteiger partial charge in [-0.15, -0.1) is 10.2 Å². The molecule has 4 nitrogen and oxygen atoms in total. The highest BCUT2D eigenvalue weighted by molar-refractivity contribution is 6.31. The van der Waals surface area contributed by atoms with Crippen LogP contribution in [0.5, 0.6) is 0 Å². The molecule has 124 valence electrons. The summed E-state index contributed by atoms with van der Waals surface area (Å²) in [5.41, 5.74) is 3.13. The molecule has 0 bridgehead atoms. The van der Waals surface area contributed by atoms with Gasteiger partial charge in [-0.1, -0.05) is 47.5 Å². The normalized spacial score (nSPS) is 13.7. The molecule has 0 amide bonds. The topological polar surface area (TPSA) is 51.0 Å². The van der Waals surface area contributed by atoms with E-state index in [2.05, 4.69) is 22.4 Å². The number of nitrogens with one attached hydrogen (secondary N) is 1. The lowest BCUT2D eigenvalue weighted by molar-refractivity contribution is 0.395. The van der Waals surface area contributed by atoms with Gasteiger partial charge in [-0.25, -0.2) is 0 Å². The van der Waals surface area contributed by atoms with Crippen molar-refractivity contribution in [2.75, 3.05) is 0 Å². The van der Waals surface area contributed by atoms with Crippen molar-refractivity contribution >= 4 is 11.6 Å². The molecule has 0 saturated carbocycles. The molecule has 3 rings (SSSR count). The van der Waals surface area contributed by atoms with Crippen LogP contribution < -0.4 is 5.32 Å². The summed E-state index contributed by atoms with van der Waals surface area (Å²) in [5, 5.41) is 12.5. The average Bonchev–Trinajstić information content (AvgIpc) is 3.05. The van der Waals surface area contributed by atoms with Crippen LogP contribution in [0, 0.1) is 6.92 Å². The summed E-state index contributed by atoms with van der Waals surface area (Å²) in [5.74, 6) is 1.10. The molecule has 24 heavy (non-hydrogen) atoms. The zero-order valence-corrected chi connectivity index (χ0v) is 14.7. The van der Waals surface area contributed by atoms with Gasteiger partial charge in [-0.2, -0.15) is 0 Å². The predicted molar refractivity (Wildman–Crippen MR) is 95.9 cm³/mol. The lowest BCUT2D eigenvalue weighted by Crippen LogP contribution is -2.23. The largest absolute Gasteiger partial charge is 0.419 e. The third-order valence-electron chi connectivity index (χ3n) is 3.95. The lowest BCUT2D eigenvalue weighted by Gasteiger charge is -2.18. The molecule has 0 radical (unpaired) electrons. The van der Waals surface area contributed by atoms with E-state index in [0.29, 0.717) is 11.8 Å². The molecule has 2 aromatic carbocycles. The van der Waals surface area contributed by atoms with E-state index in [-0.39, 0.29) is 12.1 Å². The van der Waals surface area contributed by atoms with E-state index in [0.717, 1.165) is 21.7 Å². The smallest absolute Gasteiger partial charge is 0.247 e. The maximum atomic E-state index is 6.26. The van der Waals surface area contributed by atoms with Crippen molar-refractivity contribution in [3.05, 3.63) is 70.6 Å². The summed E-state index contributed by atoms with van der Waals surface area (Å²) >= 11 is 6.26. The summed E-state index contributed by atoms with van der Waals surface area (Å²) < 4.78 is 5.84. The number of nitrogens with zero attached hydrogens (tertiary/aromatic N) is 2. The van der Waals surface area contributed by atoms with Crippen molar-refractivity contribution in [3.8, 4) is 11.5 Å². The average molecular weight is 342 g/mol. The van der Waals surface area contributed by atoms with Crippen molar-refractivity contribution in [2.24, 2.45) is 0 Å². The molecule has 0 spiro atoms. The van der Waals surface area contributed by atoms with E-state index in [4.69, 9.17) is 16.0 Å². The van der Waals surface area contributed by atoms with Crippen LogP contribution >= 0.6 is 11.6 Å². The maximum Gasteiger partial charge on any atom is 0.247 e. The fraction of sp³-hybridized carbons (Fsp3) is 0.263. The first kappa shape index (κ1) is 16.7. The predicted octanol–water partition coefficient (Wildman–Crippen LogP) is 5.11. The first-order chi connectivity index (χ1) is 11.5. The third kappa shape index (κ3) is 3.66. The Balaban J connectivity index is 1.74. The summed E-state index contributed by atoms with van der Waals surface area (Å²) in [4.78, 5) is 0. The molecule has 1 N–H and O–H groups in total. The quantitative estimate of drug-likeness (QED) is 0.700. The van der Waals surface area contributed by atoms with Crippen molar-refractivity contribution in [1.82, 2.24) is 15.5 Å². The van der Waals surface area contributed by atoms with Crippen LogP contribution in [0.1, 0.15) is 42.9 Å². The molecule has 0 aliphatic carbocycles. The number of hydrogen-bond acceptors (Lipinski definition) is 4. The minimum Gasteiger partial charge on any atom is -0.419 e. The second-order valence-electron chi connectivity index (χ2n) is 5.95. The summed E-state index contributed by atoms with van der Waals surface area (Å²) in [6.07, 6.45) is 0. The standard InChI is InChI=1S/C19H20ClN3O/c1-12-7-6-8-15(11-12)19-23-22-18(24-19)14(3)21-13(2)16-9-4-5-10-17(16)20/h4-11,13-14,21H,1-3H3/t13-,14+/m1/s1. The Morgan fingerprint density at radius 1 is 1.00 bits per heavy atom. The first-order valence-electron chi connectivity index (χ1n) is 7.95. The number of hydrogen-bond donors (Lipinski definition) is 1. The van der Waals surface area contributed by atoms with Crippen molar-refractivity contribution in [2.45, 2.75) is 32.9 Å². The van der Waals surface area contributed by atoms with Crippen molar-refractivity contribution in [3.63, 3.8) is 0 Å². The molecule has 1 heterocycles. The summed E-state index contributed by atoms with van der Waals surface area (Å²) in [7, 11) is 0. The van der Waals surface area contributed by atoms with Crippen LogP contribution in [0.15, 0.2) is 52.9 Å². The van der Waals surface area contributed by atoms with Crippen LogP contribution in [0.3, 0.4) is 0 Å². The number of aromatic nitrogens is 2. The molecule has 5 heteroatoms. The third-order valence-corrected chi connectivity index (χ3v) is 4.29. The molecule has 0 aliphatic heterocycles. The maximum absolute atomic E-state index is 6.26. The zero-order chi connectivity index (χ0) is 17.1. The lowest BCUT2D eigenvalue weighted by atomic mass is 10.1. The summed E-state index contributed by atoms with van der Waals surface area (Å²) in [6.45, 7) is 6.10. The Kier molecular flexibility index (Phi) is 4.97. The van der Waals surface area contributed by atoms with Gasteiger partial charge in [-0.3, -0.25) is 5.32 Å². The van der Waals surface area contributed by atoms with Gasteiger partial charge >= 0.3 is 0 Å². The Morgan fingerprint density at radius 3 is 2.54 bits per heavy atom. The van der Waals surface area contributed by atoms with Crippen molar-refractivity contribution < 1.29 is 4.42 Å². The highest BCUT2D eigenvalue weighted by atomic mass is 35.5. The van der Waals surface area contributed by atoms with E-state index in [1.807, 2.05) is 62.4 Å². The molecule has 3 aromatic rings. The molecule has 0 saturated heterocycles. The molecule has 0 unspecified atom stereocenters. The molecular formula is C19H20ClN3O. The number of benzene rings is 2. The molecule has 2 atom stereocenters. The highest BCUT2D eigenvalue weighted by Crippen LogP contribution is 2.26. The van der Waals surface area contributed by atoms with E-state index in [9.17, 15) is 0 Å². The fourth-order valence-electron chi connectivity index (χ4n) is 2.67. The van der Waals surface area contributed by atoms with Gasteiger partial charge in [0.2, 0.25) is 11.8 Å². The first-order valence-corrected chi connectivity index (χ1v) is 8.33. The second kappa shape index (κ2) is 7.16. The van der Waals surface area contributed by atoms with Crippen LogP contribution in [-0.2, 0) is 0 Å². The molecular weight excluding hydrogens is 322 g/mol. The minimum atomic E-state index is -0.0812. The Bertz CT molecular complexity index is 831. The number of halogens is 1. The van der Waals surface area contributed by atoms with Crippen LogP contribution in [0.25, 0.3) is 11.5 Å². The monoisotopic (exact) mass is 341 g/mol. The van der Waals surface area contributed by atoms with E-state index >= 15 is 0 Å². The van der Waals surface area contributed by atoms with Gasteiger partial charge in [0.05, 0.1) is 6.04 Å². The van der Waals surface area contributed by atoms with Gasteiger partial charge in [0.25, 0.3) is 0 Å². The Hall–Kier alpha value is -2.17. The van der Waals surface area contributed by atoms with Crippen LogP contribution in [-0.4, -0.2) is 10.2 Å². The second-order valence-corrected chi connectivity index (χ2v) is 6.35. The van der Waals surface area contributed by atoms with E-state index < -0.39 is 0 Å². The van der Waals surface area contributed by atoms with E-state index in [1.54, 1.807) is 0 Å². The van der Waals surface area contributed by atoms with Crippen molar-refractivity contribution in [1.29, 1.82) is 0 Å². The molecule has 1 aromatic heterocycles. The molecule has 0 fully saturated rings. The van der Waals surface area contributed by atoms with Crippen LogP contribution in [0.2, 0.25) is 5.02 Å². The fourth-order valence-corrected chi connectivity index (χ4v) is 2.97. The van der Waals surface area contributed by atoms with Gasteiger partial charge in [-0.05, 0) is 44.5 Å². The number of aryl methyl sites for hydroxylation is 1. The minimum absolute atomic E-state index is 0.0722. The van der Waals surface area contributed by atoms with Gasteiger partial charge in [0.1, 0.15) is 0 Å². The van der Waals surface area contributed by atoms with Crippen LogP contribution in [0.4, 0.5) is 0 Å². The molecule has 0 aliphatic rings. The highest BCUT2D eigenvalue weighted by Gasteiger charge is 2.18. The Labute approximate surface area is 146 Å². The van der Waals surface area contributed by atoms with Gasteiger partial charge in [0.15, 0.2) is 0 Å². The Morgan fingerprint density at radius 2 is 1.79 bits per heavy atom. The van der Waals surface area contributed by atoms with E-state index in [1.165, 1.54) is 0 Å². The van der Waals surface area contributed by atoms with Gasteiger partial charge < -0.3 is 4.42 Å². The van der Waals surface area contributed by atoms with Gasteiger partial charge in [0, 0.05) is 16.6 Å². The number of rotatable bonds is 5. The summed E-state index contributed by atoms with van der Waals surface area (Å²) in [6, 6.07) is 15.8.